The van der Waals surface area contributed by atoms with Crippen LogP contribution in [-0.2, 0) is 0 Å². The van der Waals surface area contributed by atoms with Crippen LogP contribution < -0.4 is 0 Å². The molecule has 0 saturated heterocycles. The summed E-state index contributed by atoms with van der Waals surface area (Å²) in [6.45, 7) is 2.26. The molecule has 0 rings (SSSR count). The van der Waals surface area contributed by atoms with Crippen LogP contribution in [0, 0.1) is 0 Å². The third kappa shape index (κ3) is 14.2. The Labute approximate surface area is 114 Å². The average Bonchev–Trinajstić information content (AvgIpc) is 2.33. The molecule has 0 radical (unpaired) electrons. The Bertz CT molecular complexity index is 139. The van der Waals surface area contributed by atoms with E-state index in [0.717, 1.165) is 31.4 Å². The number of hydrogen-bond acceptors (Lipinski definition) is 2. The van der Waals surface area contributed by atoms with Gasteiger partial charge in [-0.1, -0.05) is 64.7 Å². The first kappa shape index (κ1) is 17.3. The van der Waals surface area contributed by atoms with Gasteiger partial charge in [0.1, 0.15) is 0 Å². The van der Waals surface area contributed by atoms with E-state index in [1.54, 1.807) is 0 Å². The average molecular weight is 260 g/mol. The van der Waals surface area contributed by atoms with Crippen molar-refractivity contribution >= 4 is 12.6 Å². The van der Waals surface area contributed by atoms with Crippen LogP contribution in [0.2, 0.25) is 0 Å². The lowest BCUT2D eigenvalue weighted by molar-refractivity contribution is 0.148. The number of aliphatic hydroxyl groups excluding tert-OH is 1. The summed E-state index contributed by atoms with van der Waals surface area (Å²) in [5.74, 6) is 0.949. The molecule has 17 heavy (non-hydrogen) atoms. The lowest BCUT2D eigenvalue weighted by Gasteiger charge is -2.09. The Morgan fingerprint density at radius 2 is 1.24 bits per heavy atom. The highest BCUT2D eigenvalue weighted by Crippen LogP contribution is 2.13. The van der Waals surface area contributed by atoms with Crippen LogP contribution in [-0.4, -0.2) is 17.0 Å². The van der Waals surface area contributed by atoms with E-state index in [1.807, 2.05) is 0 Å². The van der Waals surface area contributed by atoms with Gasteiger partial charge in [-0.25, -0.2) is 0 Å². The molecule has 0 aromatic carbocycles. The summed E-state index contributed by atoms with van der Waals surface area (Å²) in [5, 5.41) is 9.72. The van der Waals surface area contributed by atoms with Crippen LogP contribution in [0.5, 0.6) is 0 Å². The molecule has 0 bridgehead atoms. The number of unbranched alkanes of at least 4 members (excludes halogenated alkanes) is 8. The highest BCUT2D eigenvalue weighted by atomic mass is 32.1. The van der Waals surface area contributed by atoms with Gasteiger partial charge in [0, 0.05) is 0 Å². The molecule has 1 N–H and O–H groups in total. The van der Waals surface area contributed by atoms with E-state index in [9.17, 15) is 5.11 Å². The summed E-state index contributed by atoms with van der Waals surface area (Å²) in [6, 6.07) is 0. The van der Waals surface area contributed by atoms with E-state index < -0.39 is 0 Å². The summed E-state index contributed by atoms with van der Waals surface area (Å²) in [7, 11) is 0. The number of hydrogen-bond donors (Lipinski definition) is 2. The summed E-state index contributed by atoms with van der Waals surface area (Å²) in [6.07, 6.45) is 14.9. The van der Waals surface area contributed by atoms with E-state index in [-0.39, 0.29) is 6.10 Å². The number of aliphatic hydroxyl groups is 1. The van der Waals surface area contributed by atoms with Gasteiger partial charge in [0.2, 0.25) is 0 Å². The van der Waals surface area contributed by atoms with Crippen molar-refractivity contribution < 1.29 is 5.11 Å². The minimum absolute atomic E-state index is 0.0602. The summed E-state index contributed by atoms with van der Waals surface area (Å²) in [4.78, 5) is 0. The predicted octanol–water partition coefficient (Wildman–Crippen LogP) is 4.98. The third-order valence-corrected chi connectivity index (χ3v) is 3.65. The number of thiol groups is 1. The van der Waals surface area contributed by atoms with Crippen molar-refractivity contribution in [2.24, 2.45) is 0 Å². The van der Waals surface area contributed by atoms with Crippen molar-refractivity contribution in [3.63, 3.8) is 0 Å². The molecule has 0 aliphatic carbocycles. The summed E-state index contributed by atoms with van der Waals surface area (Å²) >= 11 is 4.17. The standard InChI is InChI=1S/C15H32OS/c1-2-3-4-5-6-7-8-9-12-15(16)13-10-11-14-17/h15-17H,2-14H2,1H3. The normalized spacial score (nSPS) is 12.9. The first-order valence-corrected chi connectivity index (χ1v) is 8.23. The Hall–Kier alpha value is 0.310. The molecule has 0 aromatic heterocycles. The minimum atomic E-state index is -0.0602. The van der Waals surface area contributed by atoms with Gasteiger partial charge < -0.3 is 5.11 Å². The molecular formula is C15H32OS. The quantitative estimate of drug-likeness (QED) is 0.353. The third-order valence-electron chi connectivity index (χ3n) is 3.34. The molecule has 0 spiro atoms. The van der Waals surface area contributed by atoms with Crippen LogP contribution in [0.15, 0.2) is 0 Å². The van der Waals surface area contributed by atoms with Crippen LogP contribution >= 0.6 is 12.6 Å². The molecule has 2 heteroatoms. The van der Waals surface area contributed by atoms with Crippen molar-refractivity contribution in [2.75, 3.05) is 5.75 Å². The molecule has 0 fully saturated rings. The molecular weight excluding hydrogens is 228 g/mol. The molecule has 0 aromatic rings. The van der Waals surface area contributed by atoms with Gasteiger partial charge in [0.05, 0.1) is 6.10 Å². The molecule has 0 aliphatic heterocycles. The van der Waals surface area contributed by atoms with Crippen LogP contribution in [0.1, 0.15) is 84.0 Å². The first-order valence-electron chi connectivity index (χ1n) is 7.60. The van der Waals surface area contributed by atoms with Gasteiger partial charge in [-0.15, -0.1) is 0 Å². The zero-order valence-corrected chi connectivity index (χ0v) is 12.6. The fourth-order valence-electron chi connectivity index (χ4n) is 2.15. The van der Waals surface area contributed by atoms with Gasteiger partial charge >= 0.3 is 0 Å². The first-order chi connectivity index (χ1) is 8.31. The second-order valence-corrected chi connectivity index (χ2v) is 5.58. The van der Waals surface area contributed by atoms with E-state index >= 15 is 0 Å². The monoisotopic (exact) mass is 260 g/mol. The molecule has 1 unspecified atom stereocenters. The molecule has 1 nitrogen and oxygen atoms in total. The largest absolute Gasteiger partial charge is 0.393 e. The Kier molecular flexibility index (Phi) is 14.6. The van der Waals surface area contributed by atoms with Crippen LogP contribution in [0.25, 0.3) is 0 Å². The fourth-order valence-corrected chi connectivity index (χ4v) is 2.37. The highest BCUT2D eigenvalue weighted by molar-refractivity contribution is 7.80. The molecule has 1 atom stereocenters. The van der Waals surface area contributed by atoms with Crippen LogP contribution in [0.3, 0.4) is 0 Å². The molecule has 0 saturated carbocycles. The van der Waals surface area contributed by atoms with Crippen molar-refractivity contribution in [2.45, 2.75) is 90.1 Å². The van der Waals surface area contributed by atoms with E-state index in [2.05, 4.69) is 19.6 Å². The van der Waals surface area contributed by atoms with Crippen molar-refractivity contribution in [3.05, 3.63) is 0 Å². The summed E-state index contributed by atoms with van der Waals surface area (Å²) in [5.41, 5.74) is 0. The van der Waals surface area contributed by atoms with Crippen molar-refractivity contribution in [1.82, 2.24) is 0 Å². The van der Waals surface area contributed by atoms with Gasteiger partial charge in [-0.05, 0) is 25.0 Å². The lowest BCUT2D eigenvalue weighted by Crippen LogP contribution is -2.06. The predicted molar refractivity (Wildman–Crippen MR) is 80.9 cm³/mol. The second-order valence-electron chi connectivity index (χ2n) is 5.14. The maximum atomic E-state index is 9.72. The van der Waals surface area contributed by atoms with Gasteiger partial charge in [0.15, 0.2) is 0 Å². The zero-order chi connectivity index (χ0) is 12.8. The summed E-state index contributed by atoms with van der Waals surface area (Å²) < 4.78 is 0. The SMILES string of the molecule is CCCCCCCCCCC(O)CCCCS. The maximum absolute atomic E-state index is 9.72. The topological polar surface area (TPSA) is 20.2 Å². The fraction of sp³-hybridized carbons (Fsp3) is 1.00. The zero-order valence-electron chi connectivity index (χ0n) is 11.7. The molecule has 0 heterocycles. The number of rotatable bonds is 13. The van der Waals surface area contributed by atoms with Crippen molar-refractivity contribution in [3.8, 4) is 0 Å². The van der Waals surface area contributed by atoms with E-state index in [1.165, 1.54) is 51.4 Å². The Morgan fingerprint density at radius 1 is 0.765 bits per heavy atom. The second kappa shape index (κ2) is 14.4. The van der Waals surface area contributed by atoms with Crippen molar-refractivity contribution in [1.29, 1.82) is 0 Å². The van der Waals surface area contributed by atoms with E-state index in [4.69, 9.17) is 0 Å². The van der Waals surface area contributed by atoms with Gasteiger partial charge in [-0.2, -0.15) is 12.6 Å². The van der Waals surface area contributed by atoms with Gasteiger partial charge in [-0.3, -0.25) is 0 Å². The maximum Gasteiger partial charge on any atom is 0.0540 e. The Morgan fingerprint density at radius 3 is 1.76 bits per heavy atom. The molecule has 0 amide bonds. The lowest BCUT2D eigenvalue weighted by atomic mass is 10.0. The Balaban J connectivity index is 3.05. The minimum Gasteiger partial charge on any atom is -0.393 e. The van der Waals surface area contributed by atoms with Gasteiger partial charge in [0.25, 0.3) is 0 Å². The molecule has 104 valence electrons. The molecule has 0 aliphatic rings. The van der Waals surface area contributed by atoms with E-state index in [0.29, 0.717) is 0 Å². The highest BCUT2D eigenvalue weighted by Gasteiger charge is 2.02. The smallest absolute Gasteiger partial charge is 0.0540 e. The van der Waals surface area contributed by atoms with Crippen LogP contribution in [0.4, 0.5) is 0 Å².